The number of unbranched alkanes of at least 4 members (excludes halogenated alkanes) is 17. The van der Waals surface area contributed by atoms with Gasteiger partial charge in [0.05, 0.1) is 25.0 Å². The van der Waals surface area contributed by atoms with Gasteiger partial charge < -0.3 is 9.47 Å². The monoisotopic (exact) mass is 695 g/mol. The molecule has 0 radical (unpaired) electrons. The number of carbonyl (C=O) groups is 2. The smallest absolute Gasteiger partial charge is 0.309 e. The summed E-state index contributed by atoms with van der Waals surface area (Å²) >= 11 is 0. The molecule has 286 valence electrons. The first-order valence-electron chi connectivity index (χ1n) is 21.3. The molecule has 0 aromatic carbocycles. The van der Waals surface area contributed by atoms with Crippen molar-refractivity contribution in [1.29, 1.82) is 0 Å². The standard InChI is InChI=1S/C46H78O4/c1-39(2)25-23-27-41-29-33-43(34-30-41)45(47)49-37-21-19-17-15-13-11-9-7-5-6-8-10-12-14-16-18-20-22-38-50-46(48)44-35-31-42(32-36-44)28-24-26-40(3)4/h25-26,29,31,43-44H,5-24,27-28,30,32-38H2,1-4H3. The molecule has 2 atom stereocenters. The van der Waals surface area contributed by atoms with Crippen LogP contribution in [0.15, 0.2) is 46.6 Å². The predicted octanol–water partition coefficient (Wildman–Crippen LogP) is 14.0. The second kappa shape index (κ2) is 29.5. The number of rotatable bonds is 29. The average molecular weight is 695 g/mol. The molecule has 0 N–H and O–H groups in total. The van der Waals surface area contributed by atoms with Gasteiger partial charge >= 0.3 is 11.9 Å². The van der Waals surface area contributed by atoms with Gasteiger partial charge in [0.15, 0.2) is 0 Å². The molecular formula is C46H78O4. The largest absolute Gasteiger partial charge is 0.465 e. The van der Waals surface area contributed by atoms with Crippen molar-refractivity contribution < 1.29 is 19.1 Å². The summed E-state index contributed by atoms with van der Waals surface area (Å²) in [6.45, 7) is 9.81. The van der Waals surface area contributed by atoms with Crippen LogP contribution < -0.4 is 0 Å². The highest BCUT2D eigenvalue weighted by Crippen LogP contribution is 2.29. The summed E-state index contributed by atoms with van der Waals surface area (Å²) < 4.78 is 11.2. The molecule has 2 aliphatic rings. The Morgan fingerprint density at radius 3 is 1.08 bits per heavy atom. The van der Waals surface area contributed by atoms with Crippen LogP contribution in [-0.4, -0.2) is 25.2 Å². The lowest BCUT2D eigenvalue weighted by Crippen LogP contribution is -2.20. The van der Waals surface area contributed by atoms with Crippen molar-refractivity contribution in [3.05, 3.63) is 46.6 Å². The summed E-state index contributed by atoms with van der Waals surface area (Å²) in [4.78, 5) is 24.8. The average Bonchev–Trinajstić information content (AvgIpc) is 3.10. The maximum absolute atomic E-state index is 12.4. The van der Waals surface area contributed by atoms with E-state index in [2.05, 4.69) is 52.0 Å². The van der Waals surface area contributed by atoms with Gasteiger partial charge in [-0.2, -0.15) is 0 Å². The molecule has 0 saturated carbocycles. The minimum atomic E-state index is 0.0277. The molecule has 0 heterocycles. The van der Waals surface area contributed by atoms with E-state index in [4.69, 9.17) is 9.47 Å². The molecule has 0 bridgehead atoms. The highest BCUT2D eigenvalue weighted by molar-refractivity contribution is 5.73. The van der Waals surface area contributed by atoms with E-state index in [9.17, 15) is 9.59 Å². The summed E-state index contributed by atoms with van der Waals surface area (Å²) in [5.41, 5.74) is 5.80. The van der Waals surface area contributed by atoms with Gasteiger partial charge in [-0.05, 0) is 105 Å². The number of hydrogen-bond acceptors (Lipinski definition) is 4. The van der Waals surface area contributed by atoms with Gasteiger partial charge in [0, 0.05) is 0 Å². The Bertz CT molecular complexity index is 941. The summed E-state index contributed by atoms with van der Waals surface area (Å²) in [6, 6.07) is 0. The molecule has 0 aromatic rings. The molecular weight excluding hydrogens is 617 g/mol. The van der Waals surface area contributed by atoms with Crippen molar-refractivity contribution in [2.24, 2.45) is 11.8 Å². The van der Waals surface area contributed by atoms with E-state index in [0.717, 1.165) is 77.0 Å². The minimum absolute atomic E-state index is 0.0277. The van der Waals surface area contributed by atoms with Crippen LogP contribution in [0.3, 0.4) is 0 Å². The van der Waals surface area contributed by atoms with Gasteiger partial charge in [0.2, 0.25) is 0 Å². The molecule has 2 unspecified atom stereocenters. The van der Waals surface area contributed by atoms with Crippen molar-refractivity contribution in [1.82, 2.24) is 0 Å². The normalized spacial score (nSPS) is 17.4. The molecule has 50 heavy (non-hydrogen) atoms. The Labute approximate surface area is 309 Å². The maximum Gasteiger partial charge on any atom is 0.309 e. The predicted molar refractivity (Wildman–Crippen MR) is 213 cm³/mol. The quantitative estimate of drug-likeness (QED) is 0.0444. The second-order valence-electron chi connectivity index (χ2n) is 16.0. The van der Waals surface area contributed by atoms with Gasteiger partial charge in [-0.3, -0.25) is 9.59 Å². The zero-order chi connectivity index (χ0) is 36.1. The summed E-state index contributed by atoms with van der Waals surface area (Å²) in [5, 5.41) is 0. The highest BCUT2D eigenvalue weighted by Gasteiger charge is 2.23. The van der Waals surface area contributed by atoms with Crippen LogP contribution in [0.5, 0.6) is 0 Å². The fraction of sp³-hybridized carbons (Fsp3) is 0.783. The first kappa shape index (κ1) is 44.1. The van der Waals surface area contributed by atoms with E-state index < -0.39 is 0 Å². The molecule has 2 aliphatic carbocycles. The third-order valence-electron chi connectivity index (χ3n) is 10.7. The first-order valence-corrected chi connectivity index (χ1v) is 21.3. The van der Waals surface area contributed by atoms with Gasteiger partial charge in [-0.1, -0.05) is 149 Å². The van der Waals surface area contributed by atoms with E-state index >= 15 is 0 Å². The van der Waals surface area contributed by atoms with Crippen molar-refractivity contribution >= 4 is 11.9 Å². The maximum atomic E-state index is 12.4. The van der Waals surface area contributed by atoms with Crippen molar-refractivity contribution in [2.75, 3.05) is 13.2 Å². The summed E-state index contributed by atoms with van der Waals surface area (Å²) in [7, 11) is 0. The SMILES string of the molecule is CC(C)=CCCC1=CCC(C(=O)OCCCCCCCCCCCCCCCCCCCCOC(=O)C2CC=C(CCC=C(C)C)CC2)CC1. The summed E-state index contributed by atoms with van der Waals surface area (Å²) in [6.07, 6.45) is 42.8. The Morgan fingerprint density at radius 2 is 0.820 bits per heavy atom. The van der Waals surface area contributed by atoms with Crippen LogP contribution in [-0.2, 0) is 19.1 Å². The van der Waals surface area contributed by atoms with Crippen molar-refractivity contribution in [2.45, 2.75) is 207 Å². The van der Waals surface area contributed by atoms with E-state index in [0.29, 0.717) is 13.2 Å². The molecule has 4 heteroatoms. The number of allylic oxidation sites excluding steroid dienone is 8. The zero-order valence-electron chi connectivity index (χ0n) is 33.3. The lowest BCUT2D eigenvalue weighted by Gasteiger charge is -2.20. The fourth-order valence-corrected chi connectivity index (χ4v) is 7.37. The molecule has 0 aromatic heterocycles. The third kappa shape index (κ3) is 23.4. The van der Waals surface area contributed by atoms with Crippen molar-refractivity contribution in [3.8, 4) is 0 Å². The molecule has 0 spiro atoms. The van der Waals surface area contributed by atoms with Gasteiger partial charge in [0.25, 0.3) is 0 Å². The Hall–Kier alpha value is -2.10. The molecule has 0 amide bonds. The molecule has 0 aliphatic heterocycles. The second-order valence-corrected chi connectivity index (χ2v) is 16.0. The molecule has 4 nitrogen and oxygen atoms in total. The molecule has 0 fully saturated rings. The lowest BCUT2D eigenvalue weighted by atomic mass is 9.88. The van der Waals surface area contributed by atoms with E-state index in [-0.39, 0.29) is 23.8 Å². The Morgan fingerprint density at radius 1 is 0.520 bits per heavy atom. The minimum Gasteiger partial charge on any atom is -0.465 e. The number of carbonyl (C=O) groups excluding carboxylic acids is 2. The third-order valence-corrected chi connectivity index (χ3v) is 10.7. The van der Waals surface area contributed by atoms with Crippen LogP contribution >= 0.6 is 0 Å². The van der Waals surface area contributed by atoms with Gasteiger partial charge in [-0.25, -0.2) is 0 Å². The van der Waals surface area contributed by atoms with Crippen LogP contribution in [0, 0.1) is 11.8 Å². The number of esters is 2. The van der Waals surface area contributed by atoms with Crippen molar-refractivity contribution in [3.63, 3.8) is 0 Å². The number of hydrogen-bond donors (Lipinski definition) is 0. The van der Waals surface area contributed by atoms with E-state index in [1.807, 2.05) is 0 Å². The summed E-state index contributed by atoms with van der Waals surface area (Å²) in [5.74, 6) is 0.214. The zero-order valence-corrected chi connectivity index (χ0v) is 33.3. The van der Waals surface area contributed by atoms with Crippen LogP contribution in [0.1, 0.15) is 207 Å². The molecule has 2 rings (SSSR count). The van der Waals surface area contributed by atoms with Gasteiger partial charge in [-0.15, -0.1) is 0 Å². The first-order chi connectivity index (χ1) is 24.3. The lowest BCUT2D eigenvalue weighted by molar-refractivity contribution is -0.149. The van der Waals surface area contributed by atoms with E-state index in [1.165, 1.54) is 125 Å². The highest BCUT2D eigenvalue weighted by atomic mass is 16.5. The van der Waals surface area contributed by atoms with Gasteiger partial charge in [0.1, 0.15) is 0 Å². The topological polar surface area (TPSA) is 52.6 Å². The van der Waals surface area contributed by atoms with Crippen LogP contribution in [0.25, 0.3) is 0 Å². The Balaban J connectivity index is 1.26. The van der Waals surface area contributed by atoms with E-state index in [1.54, 1.807) is 0 Å². The van der Waals surface area contributed by atoms with Crippen LogP contribution in [0.2, 0.25) is 0 Å². The van der Waals surface area contributed by atoms with Crippen LogP contribution in [0.4, 0.5) is 0 Å². The fourth-order valence-electron chi connectivity index (χ4n) is 7.37. The Kier molecular flexibility index (Phi) is 26.0. The molecule has 0 saturated heterocycles. The number of ether oxygens (including phenoxy) is 2.